The minimum atomic E-state index is -3.02. The molecule has 3 rings (SSSR count). The number of amides is 1. The van der Waals surface area contributed by atoms with Crippen LogP contribution in [0.25, 0.3) is 5.69 Å². The smallest absolute Gasteiger partial charge is 0.235 e. The molecule has 1 aromatic heterocycles. The first-order valence-corrected chi connectivity index (χ1v) is 11.7. The normalized spacial score (nSPS) is 20.0. The van der Waals surface area contributed by atoms with E-state index >= 15 is 0 Å². The number of hydrogen-bond donors (Lipinski definition) is 0. The minimum absolute atomic E-state index is 0.0557. The molecule has 140 valence electrons. The number of sulfone groups is 1. The second-order valence-corrected chi connectivity index (χ2v) is 10.8. The van der Waals surface area contributed by atoms with E-state index in [0.717, 1.165) is 15.3 Å². The average Bonchev–Trinajstić information content (AvgIpc) is 3.20. The van der Waals surface area contributed by atoms with Crippen molar-refractivity contribution in [3.05, 3.63) is 41.1 Å². The molecule has 0 saturated carbocycles. The number of carbonyl (C=O) groups excluding carboxylic acids is 1. The average molecular weight is 458 g/mol. The summed E-state index contributed by atoms with van der Waals surface area (Å²) in [5.74, 6) is 0.132. The van der Waals surface area contributed by atoms with E-state index < -0.39 is 9.84 Å². The van der Waals surface area contributed by atoms with E-state index in [-0.39, 0.29) is 28.7 Å². The summed E-state index contributed by atoms with van der Waals surface area (Å²) < 4.78 is 26.2. The van der Waals surface area contributed by atoms with Gasteiger partial charge in [0, 0.05) is 35.6 Å². The van der Waals surface area contributed by atoms with Crippen LogP contribution in [-0.2, 0) is 14.6 Å². The lowest BCUT2D eigenvalue weighted by Gasteiger charge is -2.26. The fourth-order valence-electron chi connectivity index (χ4n) is 2.93. The Balaban J connectivity index is 1.70. The van der Waals surface area contributed by atoms with Crippen molar-refractivity contribution in [2.75, 3.05) is 18.6 Å². The molecule has 0 bridgehead atoms. The van der Waals surface area contributed by atoms with Gasteiger partial charge in [-0.1, -0.05) is 27.7 Å². The first-order valence-electron chi connectivity index (χ1n) is 8.20. The third kappa shape index (κ3) is 4.32. The van der Waals surface area contributed by atoms with Crippen molar-refractivity contribution >= 4 is 43.4 Å². The Hall–Kier alpha value is -1.32. The van der Waals surface area contributed by atoms with Gasteiger partial charge in [0.25, 0.3) is 0 Å². The fraction of sp³-hybridized carbons (Fsp3) is 0.412. The second-order valence-electron chi connectivity index (χ2n) is 6.32. The van der Waals surface area contributed by atoms with E-state index in [4.69, 9.17) is 0 Å². The van der Waals surface area contributed by atoms with Crippen LogP contribution in [0.1, 0.15) is 13.3 Å². The molecule has 1 saturated heterocycles. The van der Waals surface area contributed by atoms with Crippen molar-refractivity contribution in [3.63, 3.8) is 0 Å². The van der Waals surface area contributed by atoms with Crippen LogP contribution < -0.4 is 0 Å². The van der Waals surface area contributed by atoms with Gasteiger partial charge in [-0.05, 0) is 37.6 Å². The van der Waals surface area contributed by atoms with Crippen molar-refractivity contribution in [3.8, 4) is 5.69 Å². The highest BCUT2D eigenvalue weighted by Crippen LogP contribution is 2.27. The SMILES string of the molecule is CC(Sc1nccn1-c1ccc(Br)cc1)C(=O)N(C)C1CCS(=O)(=O)C1. The number of benzene rings is 1. The van der Waals surface area contributed by atoms with Gasteiger partial charge in [-0.25, -0.2) is 13.4 Å². The Bertz CT molecular complexity index is 896. The van der Waals surface area contributed by atoms with Gasteiger partial charge in [-0.3, -0.25) is 9.36 Å². The molecular weight excluding hydrogens is 438 g/mol. The molecule has 9 heteroatoms. The molecular formula is C17H20BrN3O3S2. The van der Waals surface area contributed by atoms with Crippen LogP contribution in [0.2, 0.25) is 0 Å². The molecule has 0 N–H and O–H groups in total. The standard InChI is InChI=1S/C17H20BrN3O3S2/c1-12(16(22)20(2)15-7-10-26(23,24)11-15)25-17-19-8-9-21(17)14-5-3-13(18)4-6-14/h3-6,8-9,12,15H,7,10-11H2,1-2H3. The van der Waals surface area contributed by atoms with Crippen molar-refractivity contribution in [2.24, 2.45) is 0 Å². The van der Waals surface area contributed by atoms with Crippen LogP contribution in [0, 0.1) is 0 Å². The number of imidazole rings is 1. The Morgan fingerprint density at radius 2 is 2.08 bits per heavy atom. The van der Waals surface area contributed by atoms with Gasteiger partial charge in [-0.15, -0.1) is 0 Å². The molecule has 1 aliphatic rings. The van der Waals surface area contributed by atoms with Crippen molar-refractivity contribution < 1.29 is 13.2 Å². The molecule has 6 nitrogen and oxygen atoms in total. The number of aromatic nitrogens is 2. The zero-order chi connectivity index (χ0) is 18.9. The quantitative estimate of drug-likeness (QED) is 0.645. The van der Waals surface area contributed by atoms with Gasteiger partial charge in [-0.2, -0.15) is 0 Å². The molecule has 1 aliphatic heterocycles. The predicted octanol–water partition coefficient (Wildman–Crippen LogP) is 2.76. The third-order valence-electron chi connectivity index (χ3n) is 4.45. The summed E-state index contributed by atoms with van der Waals surface area (Å²) in [6, 6.07) is 7.61. The second kappa shape index (κ2) is 7.74. The number of rotatable bonds is 5. The van der Waals surface area contributed by atoms with Crippen molar-refractivity contribution in [1.82, 2.24) is 14.5 Å². The Morgan fingerprint density at radius 1 is 1.38 bits per heavy atom. The van der Waals surface area contributed by atoms with Crippen molar-refractivity contribution in [2.45, 2.75) is 29.8 Å². The fourth-order valence-corrected chi connectivity index (χ4v) is 5.95. The highest BCUT2D eigenvalue weighted by atomic mass is 79.9. The van der Waals surface area contributed by atoms with Crippen LogP contribution in [0.15, 0.2) is 46.3 Å². The minimum Gasteiger partial charge on any atom is -0.341 e. The zero-order valence-corrected chi connectivity index (χ0v) is 17.7. The Kier molecular flexibility index (Phi) is 5.78. The summed E-state index contributed by atoms with van der Waals surface area (Å²) in [5.41, 5.74) is 0.961. The van der Waals surface area contributed by atoms with Crippen LogP contribution in [0.3, 0.4) is 0 Å². The van der Waals surface area contributed by atoms with E-state index in [1.807, 2.05) is 42.0 Å². The highest BCUT2D eigenvalue weighted by molar-refractivity contribution is 9.10. The molecule has 1 aromatic carbocycles. The van der Waals surface area contributed by atoms with E-state index in [0.29, 0.717) is 6.42 Å². The van der Waals surface area contributed by atoms with Gasteiger partial charge in [0.2, 0.25) is 5.91 Å². The molecule has 0 spiro atoms. The van der Waals surface area contributed by atoms with Gasteiger partial charge in [0.1, 0.15) is 0 Å². The number of halogens is 1. The van der Waals surface area contributed by atoms with Gasteiger partial charge < -0.3 is 4.90 Å². The molecule has 1 fully saturated rings. The molecule has 2 atom stereocenters. The van der Waals surface area contributed by atoms with Crippen LogP contribution in [0.5, 0.6) is 0 Å². The van der Waals surface area contributed by atoms with Gasteiger partial charge in [0.05, 0.1) is 16.8 Å². The number of hydrogen-bond acceptors (Lipinski definition) is 5. The lowest BCUT2D eigenvalue weighted by Crippen LogP contribution is -2.41. The van der Waals surface area contributed by atoms with Gasteiger partial charge >= 0.3 is 0 Å². The summed E-state index contributed by atoms with van der Waals surface area (Å²) in [7, 11) is -1.33. The Morgan fingerprint density at radius 3 is 2.69 bits per heavy atom. The maximum Gasteiger partial charge on any atom is 0.235 e. The maximum atomic E-state index is 12.7. The molecule has 0 radical (unpaired) electrons. The summed E-state index contributed by atoms with van der Waals surface area (Å²) in [4.78, 5) is 18.7. The van der Waals surface area contributed by atoms with E-state index in [2.05, 4.69) is 20.9 Å². The largest absolute Gasteiger partial charge is 0.341 e. The highest BCUT2D eigenvalue weighted by Gasteiger charge is 2.34. The first-order chi connectivity index (χ1) is 12.3. The molecule has 2 aromatic rings. The molecule has 2 unspecified atom stereocenters. The zero-order valence-electron chi connectivity index (χ0n) is 14.5. The van der Waals surface area contributed by atoms with Gasteiger partial charge in [0.15, 0.2) is 15.0 Å². The van der Waals surface area contributed by atoms with E-state index in [1.54, 1.807) is 18.1 Å². The number of nitrogens with zero attached hydrogens (tertiary/aromatic N) is 3. The molecule has 2 heterocycles. The summed E-state index contributed by atoms with van der Waals surface area (Å²) in [6.45, 7) is 1.83. The summed E-state index contributed by atoms with van der Waals surface area (Å²) >= 11 is 4.79. The molecule has 1 amide bonds. The summed E-state index contributed by atoms with van der Waals surface area (Å²) in [5, 5.41) is 0.362. The van der Waals surface area contributed by atoms with Crippen LogP contribution in [0.4, 0.5) is 0 Å². The van der Waals surface area contributed by atoms with E-state index in [9.17, 15) is 13.2 Å². The maximum absolute atomic E-state index is 12.7. The topological polar surface area (TPSA) is 72.3 Å². The molecule has 0 aliphatic carbocycles. The third-order valence-corrected chi connectivity index (χ3v) is 7.79. The Labute approximate surface area is 166 Å². The van der Waals surface area contributed by atoms with Crippen molar-refractivity contribution in [1.29, 1.82) is 0 Å². The number of carbonyl (C=O) groups is 1. The van der Waals surface area contributed by atoms with E-state index in [1.165, 1.54) is 11.8 Å². The molecule has 26 heavy (non-hydrogen) atoms. The summed E-state index contributed by atoms with van der Waals surface area (Å²) in [6.07, 6.45) is 4.07. The predicted molar refractivity (Wildman–Crippen MR) is 106 cm³/mol. The number of thioether (sulfide) groups is 1. The first kappa shape index (κ1) is 19.4. The lowest BCUT2D eigenvalue weighted by molar-refractivity contribution is -0.130. The monoisotopic (exact) mass is 457 g/mol. The van der Waals surface area contributed by atoms with Crippen LogP contribution in [-0.4, -0.2) is 58.6 Å². The van der Waals surface area contributed by atoms with Crippen LogP contribution >= 0.6 is 27.7 Å². The lowest BCUT2D eigenvalue weighted by atomic mass is 10.2.